The molecule has 3 amide bonds. The topological polar surface area (TPSA) is 54.3 Å². The lowest BCUT2D eigenvalue weighted by molar-refractivity contribution is -0.120. The van der Waals surface area contributed by atoms with Crippen LogP contribution < -0.4 is 10.2 Å². The Labute approximate surface area is 117 Å². The molecule has 0 radical (unpaired) electrons. The molecule has 1 aliphatic heterocycles. The fourth-order valence-corrected chi connectivity index (χ4v) is 2.62. The molecule has 0 saturated carbocycles. The van der Waals surface area contributed by atoms with Gasteiger partial charge in [0.2, 0.25) is 5.91 Å². The Morgan fingerprint density at radius 1 is 1.20 bits per heavy atom. The third-order valence-electron chi connectivity index (χ3n) is 3.62. The summed E-state index contributed by atoms with van der Waals surface area (Å²) < 4.78 is 2.15. The first-order chi connectivity index (χ1) is 9.58. The molecule has 0 bridgehead atoms. The van der Waals surface area contributed by atoms with Crippen LogP contribution in [0, 0.1) is 0 Å². The van der Waals surface area contributed by atoms with Crippen molar-refractivity contribution in [2.45, 2.75) is 26.3 Å². The van der Waals surface area contributed by atoms with Crippen molar-refractivity contribution in [3.05, 3.63) is 30.5 Å². The second kappa shape index (κ2) is 4.67. The molecule has 20 heavy (non-hydrogen) atoms. The van der Waals surface area contributed by atoms with Gasteiger partial charge in [0.15, 0.2) is 0 Å². The average Bonchev–Trinajstić information content (AvgIpc) is 2.78. The maximum atomic E-state index is 12.0. The van der Waals surface area contributed by atoms with Crippen LogP contribution in [-0.4, -0.2) is 23.1 Å². The van der Waals surface area contributed by atoms with Crippen LogP contribution in [0.5, 0.6) is 0 Å². The van der Waals surface area contributed by atoms with Gasteiger partial charge in [-0.2, -0.15) is 0 Å². The zero-order chi connectivity index (χ0) is 14.3. The van der Waals surface area contributed by atoms with E-state index in [1.165, 1.54) is 0 Å². The van der Waals surface area contributed by atoms with Crippen molar-refractivity contribution in [2.75, 3.05) is 11.4 Å². The van der Waals surface area contributed by atoms with E-state index in [2.05, 4.69) is 23.7 Å². The first kappa shape index (κ1) is 12.7. The fraction of sp³-hybridized carbons (Fsp3) is 0.333. The van der Waals surface area contributed by atoms with Crippen molar-refractivity contribution in [3.8, 4) is 0 Å². The smallest absolute Gasteiger partial charge is 0.328 e. The number of nitrogens with zero attached hydrogens (tertiary/aromatic N) is 2. The number of carbonyl (C=O) groups excluding carboxylic acids is 2. The Hall–Kier alpha value is -2.30. The standard InChI is InChI=1S/C15H17N3O2/c1-10(2)18-9-13(11-5-3-4-6-12(11)18)17-8-7-14(19)16-15(17)20/h3-6,9-10H,7-8H2,1-2H3,(H,16,19,20). The lowest BCUT2D eigenvalue weighted by Crippen LogP contribution is -2.49. The molecule has 104 valence electrons. The zero-order valence-electron chi connectivity index (χ0n) is 11.6. The van der Waals surface area contributed by atoms with E-state index in [1.54, 1.807) is 4.90 Å². The number of rotatable bonds is 2. The highest BCUT2D eigenvalue weighted by atomic mass is 16.2. The first-order valence-electron chi connectivity index (χ1n) is 6.79. The number of fused-ring (bicyclic) bond motifs is 1. The third-order valence-corrected chi connectivity index (χ3v) is 3.62. The maximum absolute atomic E-state index is 12.0. The molecule has 1 aromatic carbocycles. The van der Waals surface area contributed by atoms with Crippen molar-refractivity contribution in [2.24, 2.45) is 0 Å². The molecular formula is C15H17N3O2. The summed E-state index contributed by atoms with van der Waals surface area (Å²) in [6.07, 6.45) is 2.33. The van der Waals surface area contributed by atoms with Crippen LogP contribution in [0.2, 0.25) is 0 Å². The highest BCUT2D eigenvalue weighted by Crippen LogP contribution is 2.32. The number of carbonyl (C=O) groups is 2. The number of anilines is 1. The first-order valence-corrected chi connectivity index (χ1v) is 6.79. The number of benzene rings is 1. The molecular weight excluding hydrogens is 254 g/mol. The Balaban J connectivity index is 2.12. The predicted molar refractivity (Wildman–Crippen MR) is 77.8 cm³/mol. The van der Waals surface area contributed by atoms with Gasteiger partial charge in [-0.05, 0) is 19.9 Å². The number of para-hydroxylation sites is 1. The van der Waals surface area contributed by atoms with Crippen LogP contribution >= 0.6 is 0 Å². The number of hydrogen-bond acceptors (Lipinski definition) is 2. The molecule has 0 aliphatic carbocycles. The molecule has 1 N–H and O–H groups in total. The summed E-state index contributed by atoms with van der Waals surface area (Å²) >= 11 is 0. The van der Waals surface area contributed by atoms with E-state index in [0.717, 1.165) is 16.6 Å². The molecule has 0 spiro atoms. The molecule has 3 rings (SSSR count). The van der Waals surface area contributed by atoms with E-state index < -0.39 is 0 Å². The van der Waals surface area contributed by atoms with Crippen molar-refractivity contribution < 1.29 is 9.59 Å². The summed E-state index contributed by atoms with van der Waals surface area (Å²) in [5.74, 6) is -0.209. The second-order valence-electron chi connectivity index (χ2n) is 5.29. The van der Waals surface area contributed by atoms with Gasteiger partial charge in [0.05, 0.1) is 11.2 Å². The molecule has 0 unspecified atom stereocenters. The Morgan fingerprint density at radius 2 is 1.95 bits per heavy atom. The van der Waals surface area contributed by atoms with E-state index in [-0.39, 0.29) is 11.9 Å². The summed E-state index contributed by atoms with van der Waals surface area (Å²) in [6.45, 7) is 4.64. The molecule has 1 aliphatic rings. The van der Waals surface area contributed by atoms with E-state index >= 15 is 0 Å². The van der Waals surface area contributed by atoms with Gasteiger partial charge in [0.1, 0.15) is 0 Å². The summed E-state index contributed by atoms with van der Waals surface area (Å²) in [6, 6.07) is 7.98. The molecule has 5 nitrogen and oxygen atoms in total. The van der Waals surface area contributed by atoms with Crippen LogP contribution in [0.3, 0.4) is 0 Å². The van der Waals surface area contributed by atoms with E-state index in [0.29, 0.717) is 19.0 Å². The summed E-state index contributed by atoms with van der Waals surface area (Å²) in [7, 11) is 0. The van der Waals surface area contributed by atoms with Crippen molar-refractivity contribution in [3.63, 3.8) is 0 Å². The summed E-state index contributed by atoms with van der Waals surface area (Å²) in [4.78, 5) is 24.9. The van der Waals surface area contributed by atoms with E-state index in [9.17, 15) is 9.59 Å². The number of imide groups is 1. The lowest BCUT2D eigenvalue weighted by Gasteiger charge is -2.25. The van der Waals surface area contributed by atoms with Crippen LogP contribution in [0.1, 0.15) is 26.3 Å². The minimum Gasteiger partial charge on any atom is -0.343 e. The number of amides is 3. The van der Waals surface area contributed by atoms with Crippen molar-refractivity contribution in [1.82, 2.24) is 9.88 Å². The second-order valence-corrected chi connectivity index (χ2v) is 5.29. The molecule has 1 saturated heterocycles. The van der Waals surface area contributed by atoms with E-state index in [4.69, 9.17) is 0 Å². The van der Waals surface area contributed by atoms with Crippen molar-refractivity contribution >= 4 is 28.5 Å². The largest absolute Gasteiger partial charge is 0.343 e. The monoisotopic (exact) mass is 271 g/mol. The quantitative estimate of drug-likeness (QED) is 0.913. The number of aromatic nitrogens is 1. The van der Waals surface area contributed by atoms with Gasteiger partial charge in [-0.15, -0.1) is 0 Å². The van der Waals surface area contributed by atoms with E-state index in [1.807, 2.05) is 30.5 Å². The zero-order valence-corrected chi connectivity index (χ0v) is 11.6. The Bertz CT molecular complexity index is 687. The highest BCUT2D eigenvalue weighted by Gasteiger charge is 2.27. The molecule has 1 fully saturated rings. The molecule has 1 aromatic heterocycles. The van der Waals surface area contributed by atoms with Crippen molar-refractivity contribution in [1.29, 1.82) is 0 Å². The number of urea groups is 1. The SMILES string of the molecule is CC(C)n1cc(N2CCC(=O)NC2=O)c2ccccc21. The predicted octanol–water partition coefficient (Wildman–Crippen LogP) is 2.67. The van der Waals surface area contributed by atoms with Gasteiger partial charge in [0.25, 0.3) is 0 Å². The lowest BCUT2D eigenvalue weighted by atomic mass is 10.2. The van der Waals surface area contributed by atoms with Crippen LogP contribution in [-0.2, 0) is 4.79 Å². The highest BCUT2D eigenvalue weighted by molar-refractivity contribution is 6.09. The Morgan fingerprint density at radius 3 is 2.65 bits per heavy atom. The minimum absolute atomic E-state index is 0.209. The summed E-state index contributed by atoms with van der Waals surface area (Å²) in [5, 5.41) is 3.40. The fourth-order valence-electron chi connectivity index (χ4n) is 2.62. The van der Waals surface area contributed by atoms with Crippen LogP contribution in [0.25, 0.3) is 10.9 Å². The van der Waals surface area contributed by atoms with Gasteiger partial charge < -0.3 is 4.57 Å². The maximum Gasteiger partial charge on any atom is 0.328 e. The number of hydrogen-bond donors (Lipinski definition) is 1. The van der Waals surface area contributed by atoms with Crippen LogP contribution in [0.4, 0.5) is 10.5 Å². The number of nitrogens with one attached hydrogen (secondary N) is 1. The normalized spacial score (nSPS) is 16.1. The minimum atomic E-state index is -0.340. The summed E-state index contributed by atoms with van der Waals surface area (Å²) in [5.41, 5.74) is 1.96. The molecule has 0 atom stereocenters. The average molecular weight is 271 g/mol. The van der Waals surface area contributed by atoms with Gasteiger partial charge >= 0.3 is 6.03 Å². The van der Waals surface area contributed by atoms with Gasteiger partial charge in [-0.3, -0.25) is 15.0 Å². The Kier molecular flexibility index (Phi) is 2.97. The third kappa shape index (κ3) is 1.95. The van der Waals surface area contributed by atoms with Gasteiger partial charge in [0, 0.05) is 30.6 Å². The van der Waals surface area contributed by atoms with Gasteiger partial charge in [-0.1, -0.05) is 18.2 Å². The molecule has 2 aromatic rings. The molecule has 5 heteroatoms. The van der Waals surface area contributed by atoms with Gasteiger partial charge in [-0.25, -0.2) is 4.79 Å². The van der Waals surface area contributed by atoms with Crippen LogP contribution in [0.15, 0.2) is 30.5 Å². The molecule has 2 heterocycles.